The topological polar surface area (TPSA) is 93.7 Å². The van der Waals surface area contributed by atoms with Crippen LogP contribution >= 0.6 is 0 Å². The van der Waals surface area contributed by atoms with Gasteiger partial charge < -0.3 is 23.6 Å². The van der Waals surface area contributed by atoms with Crippen LogP contribution in [0.5, 0.6) is 0 Å². The molecule has 3 heterocycles. The number of carbonyl (C=O) groups is 2. The average Bonchev–Trinajstić information content (AvgIpc) is 3.51. The number of rotatable bonds is 5. The third kappa shape index (κ3) is 6.49. The highest BCUT2D eigenvalue weighted by atomic mass is 19.4. The van der Waals surface area contributed by atoms with E-state index in [9.17, 15) is 22.8 Å². The molecule has 4 rings (SSSR count). The summed E-state index contributed by atoms with van der Waals surface area (Å²) < 4.78 is 50.2. The number of hydrogen-bond acceptors (Lipinski definition) is 7. The van der Waals surface area contributed by atoms with Crippen molar-refractivity contribution in [1.29, 1.82) is 0 Å². The zero-order valence-electron chi connectivity index (χ0n) is 20.2. The number of anilines is 1. The Balaban J connectivity index is 1.34. The van der Waals surface area contributed by atoms with Crippen molar-refractivity contribution in [2.75, 3.05) is 31.1 Å². The molecule has 0 aliphatic carbocycles. The molecule has 0 unspecified atom stereocenters. The lowest BCUT2D eigenvalue weighted by molar-refractivity contribution is -0.185. The number of ether oxygens (including phenoxy) is 1. The molecule has 194 valence electrons. The first-order valence-electron chi connectivity index (χ1n) is 11.5. The normalized spacial score (nSPS) is 14.6. The zero-order chi connectivity index (χ0) is 26.6. The maximum Gasteiger partial charge on any atom is 0.471 e. The number of amides is 1. The molecule has 1 aliphatic rings. The highest BCUT2D eigenvalue weighted by molar-refractivity contribution is 5.82. The molecule has 9 nitrogen and oxygen atoms in total. The number of nitrogens with zero attached hydrogens (tertiary/aromatic N) is 5. The molecule has 1 fully saturated rings. The Bertz CT molecular complexity index is 1310. The molecule has 3 aromatic rings. The van der Waals surface area contributed by atoms with Crippen molar-refractivity contribution in [3.8, 4) is 11.8 Å². The number of alkyl halides is 3. The molecule has 0 spiro atoms. The molecule has 1 aromatic carbocycles. The van der Waals surface area contributed by atoms with E-state index in [0.29, 0.717) is 36.9 Å². The minimum Gasteiger partial charge on any atom is -0.455 e. The molecule has 0 bridgehead atoms. The van der Waals surface area contributed by atoms with Gasteiger partial charge in [-0.2, -0.15) is 13.2 Å². The van der Waals surface area contributed by atoms with Crippen LogP contribution < -0.4 is 4.90 Å². The fraction of sp³-hybridized carbons (Fsp3) is 0.360. The van der Waals surface area contributed by atoms with E-state index < -0.39 is 24.2 Å². The molecule has 12 heteroatoms. The predicted molar refractivity (Wildman–Crippen MR) is 125 cm³/mol. The maximum atomic E-state index is 12.6. The van der Waals surface area contributed by atoms with Crippen LogP contribution in [0.1, 0.15) is 42.8 Å². The number of aromatic nitrogens is 3. The number of benzene rings is 1. The van der Waals surface area contributed by atoms with Gasteiger partial charge in [0.05, 0.1) is 6.54 Å². The van der Waals surface area contributed by atoms with E-state index in [2.05, 4.69) is 22.0 Å². The maximum absolute atomic E-state index is 12.6. The van der Waals surface area contributed by atoms with E-state index >= 15 is 0 Å². The molecule has 0 saturated carbocycles. The van der Waals surface area contributed by atoms with Crippen molar-refractivity contribution in [2.24, 2.45) is 0 Å². The Morgan fingerprint density at radius 2 is 1.84 bits per heavy atom. The van der Waals surface area contributed by atoms with Crippen LogP contribution in [0.25, 0.3) is 0 Å². The third-order valence-corrected chi connectivity index (χ3v) is 5.72. The summed E-state index contributed by atoms with van der Waals surface area (Å²) in [6.07, 6.45) is -1.99. The summed E-state index contributed by atoms with van der Waals surface area (Å²) in [7, 11) is 0. The molecular weight excluding hydrogens is 491 g/mol. The second-order valence-corrected chi connectivity index (χ2v) is 8.42. The van der Waals surface area contributed by atoms with E-state index in [1.165, 1.54) is 6.92 Å². The fourth-order valence-corrected chi connectivity index (χ4v) is 3.97. The first-order valence-corrected chi connectivity index (χ1v) is 11.5. The number of imidazole rings is 1. The molecule has 37 heavy (non-hydrogen) atoms. The van der Waals surface area contributed by atoms with E-state index in [-0.39, 0.29) is 13.1 Å². The highest BCUT2D eigenvalue weighted by Crippen LogP contribution is 2.22. The quantitative estimate of drug-likeness (QED) is 0.381. The minimum absolute atomic E-state index is 0.0109. The van der Waals surface area contributed by atoms with E-state index in [1.807, 2.05) is 17.0 Å². The molecule has 0 radical (unpaired) electrons. The monoisotopic (exact) mass is 515 g/mol. The molecule has 2 aromatic heterocycles. The Morgan fingerprint density at radius 1 is 1.14 bits per heavy atom. The van der Waals surface area contributed by atoms with Crippen LogP contribution in [0.15, 0.2) is 47.2 Å². The van der Waals surface area contributed by atoms with Crippen LogP contribution in [-0.4, -0.2) is 63.8 Å². The van der Waals surface area contributed by atoms with E-state index in [0.717, 1.165) is 16.2 Å². The van der Waals surface area contributed by atoms with Gasteiger partial charge in [0.2, 0.25) is 5.76 Å². The van der Waals surface area contributed by atoms with Crippen LogP contribution in [0.3, 0.4) is 0 Å². The molecular formula is C25H24F3N5O4. The Hall–Kier alpha value is -4.27. The summed E-state index contributed by atoms with van der Waals surface area (Å²) in [6.45, 7) is 4.08. The Morgan fingerprint density at radius 3 is 2.49 bits per heavy atom. The summed E-state index contributed by atoms with van der Waals surface area (Å²) in [5.41, 5.74) is 2.18. The van der Waals surface area contributed by atoms with E-state index in [4.69, 9.17) is 9.26 Å². The van der Waals surface area contributed by atoms with Gasteiger partial charge in [-0.15, -0.1) is 0 Å². The molecule has 1 amide bonds. The van der Waals surface area contributed by atoms with E-state index in [1.54, 1.807) is 42.1 Å². The van der Waals surface area contributed by atoms with Crippen molar-refractivity contribution in [2.45, 2.75) is 32.7 Å². The number of piperazine rings is 1. The van der Waals surface area contributed by atoms with Gasteiger partial charge in [0.15, 0.2) is 6.10 Å². The lowest BCUT2D eigenvalue weighted by Gasteiger charge is -2.36. The lowest BCUT2D eigenvalue weighted by Crippen LogP contribution is -2.52. The number of esters is 1. The Labute approximate surface area is 210 Å². The second-order valence-electron chi connectivity index (χ2n) is 8.42. The first kappa shape index (κ1) is 25.8. The van der Waals surface area contributed by atoms with Gasteiger partial charge in [-0.3, -0.25) is 9.59 Å². The van der Waals surface area contributed by atoms with Crippen LogP contribution in [0.2, 0.25) is 0 Å². The Kier molecular flexibility index (Phi) is 7.52. The lowest BCUT2D eigenvalue weighted by atomic mass is 10.1. The standard InChI is InChI=1S/C25H24F3N5O4/c1-17(36-18(2)34)23-29-9-10-33(23)16-20-15-22(37-30-20)8-5-19-3-6-21(7-4-19)31-11-13-32(14-12-31)24(35)25(26,27)28/h3-4,6-7,9-10,15,17H,11-14,16H2,1-2H3/t17-/m0/s1. The summed E-state index contributed by atoms with van der Waals surface area (Å²) >= 11 is 0. The van der Waals surface area contributed by atoms with Gasteiger partial charge in [-0.05, 0) is 37.1 Å². The van der Waals surface area contributed by atoms with Crippen LogP contribution in [-0.2, 0) is 20.9 Å². The molecule has 1 aliphatic heterocycles. The fourth-order valence-electron chi connectivity index (χ4n) is 3.97. The summed E-state index contributed by atoms with van der Waals surface area (Å²) in [5, 5.41) is 4.03. The van der Waals surface area contributed by atoms with Gasteiger partial charge in [0.25, 0.3) is 0 Å². The summed E-state index contributed by atoms with van der Waals surface area (Å²) in [4.78, 5) is 29.6. The van der Waals surface area contributed by atoms with Gasteiger partial charge >= 0.3 is 18.1 Å². The van der Waals surface area contributed by atoms with Crippen molar-refractivity contribution < 1.29 is 32.0 Å². The van der Waals surface area contributed by atoms with Crippen molar-refractivity contribution in [3.63, 3.8) is 0 Å². The summed E-state index contributed by atoms with van der Waals surface area (Å²) in [5.74, 6) is 4.68. The van der Waals surface area contributed by atoms with Crippen molar-refractivity contribution in [3.05, 3.63) is 65.6 Å². The highest BCUT2D eigenvalue weighted by Gasteiger charge is 2.43. The zero-order valence-corrected chi connectivity index (χ0v) is 20.2. The summed E-state index contributed by atoms with van der Waals surface area (Å²) in [6, 6.07) is 9.00. The molecule has 1 atom stereocenters. The third-order valence-electron chi connectivity index (χ3n) is 5.72. The van der Waals surface area contributed by atoms with Crippen molar-refractivity contribution >= 4 is 17.6 Å². The second kappa shape index (κ2) is 10.8. The van der Waals surface area contributed by atoms with Gasteiger partial charge in [-0.25, -0.2) is 4.98 Å². The number of halogens is 3. The van der Waals surface area contributed by atoms with Crippen LogP contribution in [0.4, 0.5) is 18.9 Å². The molecule has 1 saturated heterocycles. The predicted octanol–water partition coefficient (Wildman–Crippen LogP) is 3.15. The van der Waals surface area contributed by atoms with Gasteiger partial charge in [-0.1, -0.05) is 11.1 Å². The van der Waals surface area contributed by atoms with Crippen LogP contribution in [0, 0.1) is 11.8 Å². The molecule has 0 N–H and O–H groups in total. The SMILES string of the molecule is CC(=O)O[C@@H](C)c1nccn1Cc1cc(C#Cc2ccc(N3CCN(C(=O)C(F)(F)F)CC3)cc2)on1. The largest absolute Gasteiger partial charge is 0.471 e. The average molecular weight is 515 g/mol. The van der Waals surface area contributed by atoms with Crippen molar-refractivity contribution in [1.82, 2.24) is 19.6 Å². The van der Waals surface area contributed by atoms with Gasteiger partial charge in [0.1, 0.15) is 11.5 Å². The first-order chi connectivity index (χ1) is 17.6. The van der Waals surface area contributed by atoms with Gasteiger partial charge in [0, 0.05) is 62.8 Å². The minimum atomic E-state index is -4.85. The smallest absolute Gasteiger partial charge is 0.455 e. The number of carbonyl (C=O) groups excluding carboxylic acids is 2. The number of hydrogen-bond donors (Lipinski definition) is 0.